The van der Waals surface area contributed by atoms with E-state index in [-0.39, 0.29) is 0 Å². The number of nitrogens with zero attached hydrogens (tertiary/aromatic N) is 4. The average molecular weight is 755 g/mol. The second-order valence-electron chi connectivity index (χ2n) is 15.7. The Balaban J connectivity index is 1.45. The Kier molecular flexibility index (Phi) is 7.52. The van der Waals surface area contributed by atoms with Gasteiger partial charge in [0.25, 0.3) is 0 Å². The Bertz CT molecular complexity index is 3220. The summed E-state index contributed by atoms with van der Waals surface area (Å²) in [6.45, 7) is 0. The summed E-state index contributed by atoms with van der Waals surface area (Å²) in [6, 6.07) is 59.4. The average Bonchev–Trinajstić information content (AvgIpc) is 3.94. The fourth-order valence-corrected chi connectivity index (χ4v) is 10.3. The van der Waals surface area contributed by atoms with Gasteiger partial charge in [-0.15, -0.1) is 0 Å². The van der Waals surface area contributed by atoms with Gasteiger partial charge in [0, 0.05) is 44.1 Å². The lowest BCUT2D eigenvalue weighted by molar-refractivity contribution is 0.948. The SMILES string of the molecule is N#Cc1c(-c2ccccc2)c(-n2c3c(c4ccccc42)CCC=C3)c(-n2c3ccccc3c3ccccc32)c(-n2c3c(c4ccccc42)CCC=C3)c1-c1ccccc1. The lowest BCUT2D eigenvalue weighted by Crippen LogP contribution is -2.16. The van der Waals surface area contributed by atoms with E-state index in [4.69, 9.17) is 0 Å². The molecule has 7 aromatic carbocycles. The van der Waals surface area contributed by atoms with Gasteiger partial charge in [-0.3, -0.25) is 0 Å². The molecule has 0 saturated heterocycles. The van der Waals surface area contributed by atoms with Gasteiger partial charge in [-0.25, -0.2) is 0 Å². The number of nitriles is 1. The van der Waals surface area contributed by atoms with Crippen molar-refractivity contribution in [2.24, 2.45) is 0 Å². The van der Waals surface area contributed by atoms with Crippen LogP contribution in [0.4, 0.5) is 0 Å². The summed E-state index contributed by atoms with van der Waals surface area (Å²) in [5, 5.41) is 16.8. The Hall–Kier alpha value is -7.61. The molecule has 59 heavy (non-hydrogen) atoms. The zero-order valence-corrected chi connectivity index (χ0v) is 32.4. The third-order valence-corrected chi connectivity index (χ3v) is 12.6. The number of rotatable bonds is 5. The molecule has 12 rings (SSSR count). The first-order valence-corrected chi connectivity index (χ1v) is 20.6. The van der Waals surface area contributed by atoms with Crippen LogP contribution in [0.5, 0.6) is 0 Å². The van der Waals surface area contributed by atoms with Gasteiger partial charge in [0.1, 0.15) is 6.07 Å². The Morgan fingerprint density at radius 3 is 1.19 bits per heavy atom. The fourth-order valence-electron chi connectivity index (χ4n) is 10.3. The first-order valence-electron chi connectivity index (χ1n) is 20.6. The Labute approximate surface area is 342 Å². The fraction of sp³-hybridized carbons (Fsp3) is 0.0727. The highest BCUT2D eigenvalue weighted by molar-refractivity contribution is 6.12. The van der Waals surface area contributed by atoms with Crippen molar-refractivity contribution >= 4 is 55.8 Å². The van der Waals surface area contributed by atoms with Crippen LogP contribution in [0, 0.1) is 11.3 Å². The highest BCUT2D eigenvalue weighted by Crippen LogP contribution is 2.52. The van der Waals surface area contributed by atoms with Crippen molar-refractivity contribution in [3.05, 3.63) is 198 Å². The zero-order chi connectivity index (χ0) is 39.0. The number of allylic oxidation sites excluding steroid dienone is 2. The maximum atomic E-state index is 11.9. The summed E-state index contributed by atoms with van der Waals surface area (Å²) in [6.07, 6.45) is 13.1. The van der Waals surface area contributed by atoms with Crippen molar-refractivity contribution in [3.63, 3.8) is 0 Å². The van der Waals surface area contributed by atoms with E-state index in [2.05, 4.69) is 202 Å². The molecule has 0 spiro atoms. The van der Waals surface area contributed by atoms with Gasteiger partial charge in [0.2, 0.25) is 0 Å². The molecule has 3 heterocycles. The smallest absolute Gasteiger partial charge is 0.101 e. The van der Waals surface area contributed by atoms with Crippen LogP contribution < -0.4 is 0 Å². The minimum absolute atomic E-state index is 0.648. The van der Waals surface area contributed by atoms with Crippen molar-refractivity contribution in [3.8, 4) is 45.4 Å². The zero-order valence-electron chi connectivity index (χ0n) is 32.4. The molecule has 0 unspecified atom stereocenters. The molecule has 0 aliphatic heterocycles. The molecule has 0 amide bonds. The normalized spacial score (nSPS) is 13.3. The molecule has 0 radical (unpaired) electrons. The van der Waals surface area contributed by atoms with E-state index >= 15 is 0 Å². The molecule has 3 aromatic heterocycles. The van der Waals surface area contributed by atoms with Gasteiger partial charge in [-0.05, 0) is 84.4 Å². The second kappa shape index (κ2) is 13.2. The van der Waals surface area contributed by atoms with Crippen LogP contribution in [0.1, 0.15) is 40.9 Å². The van der Waals surface area contributed by atoms with Crippen molar-refractivity contribution in [1.82, 2.24) is 13.7 Å². The van der Waals surface area contributed by atoms with Gasteiger partial charge in [-0.2, -0.15) is 5.26 Å². The van der Waals surface area contributed by atoms with E-state index in [1.807, 2.05) is 0 Å². The standard InChI is InChI=1S/C55H38N4/c56-35-44-51(36-19-3-1-4-20-36)53(57-45-29-13-7-23-38(45)39-24-8-14-30-46(39)57)55(59-49-33-17-11-27-42(49)43-28-12-18-34-50(43)59)54(52(44)37-21-5-2-6-22-37)58-47-31-15-9-25-40(47)41-26-10-16-32-48(41)58/h1-7,9,11-23,25,27-34H,8,10,24,26H2. The van der Waals surface area contributed by atoms with Crippen LogP contribution in [-0.2, 0) is 12.8 Å². The molecule has 0 fully saturated rings. The van der Waals surface area contributed by atoms with Gasteiger partial charge in [0.05, 0.1) is 44.7 Å². The largest absolute Gasteiger partial charge is 0.307 e. The molecule has 4 nitrogen and oxygen atoms in total. The maximum absolute atomic E-state index is 11.9. The van der Waals surface area contributed by atoms with Gasteiger partial charge < -0.3 is 13.7 Å². The van der Waals surface area contributed by atoms with Gasteiger partial charge in [0.15, 0.2) is 0 Å². The number of aromatic nitrogens is 3. The predicted molar refractivity (Wildman–Crippen MR) is 245 cm³/mol. The quantitative estimate of drug-likeness (QED) is 0.172. The number of benzene rings is 7. The molecule has 0 atom stereocenters. The van der Waals surface area contributed by atoms with Crippen LogP contribution in [0.3, 0.4) is 0 Å². The second-order valence-corrected chi connectivity index (χ2v) is 15.7. The molecule has 0 N–H and O–H groups in total. The minimum atomic E-state index is 0.648. The van der Waals surface area contributed by atoms with E-state index in [1.54, 1.807) is 0 Å². The third kappa shape index (κ3) is 4.82. The summed E-state index contributed by atoms with van der Waals surface area (Å²) in [7, 11) is 0. The number of para-hydroxylation sites is 4. The van der Waals surface area contributed by atoms with Crippen molar-refractivity contribution < 1.29 is 0 Å². The molecule has 2 aliphatic carbocycles. The molecule has 2 aliphatic rings. The number of hydrogen-bond acceptors (Lipinski definition) is 1. The number of aryl methyl sites for hydroxylation is 2. The molecule has 278 valence electrons. The van der Waals surface area contributed by atoms with Crippen LogP contribution in [0.2, 0.25) is 0 Å². The predicted octanol–water partition coefficient (Wildman–Crippen LogP) is 13.8. The summed E-state index contributed by atoms with van der Waals surface area (Å²) >= 11 is 0. The van der Waals surface area contributed by atoms with E-state index < -0.39 is 0 Å². The highest BCUT2D eigenvalue weighted by Gasteiger charge is 2.34. The summed E-state index contributed by atoms with van der Waals surface area (Å²) in [4.78, 5) is 0. The third-order valence-electron chi connectivity index (χ3n) is 12.6. The molecular formula is C55H38N4. The molecule has 10 aromatic rings. The van der Waals surface area contributed by atoms with Crippen molar-refractivity contribution in [2.75, 3.05) is 0 Å². The lowest BCUT2D eigenvalue weighted by atomic mass is 9.87. The lowest BCUT2D eigenvalue weighted by Gasteiger charge is -2.29. The van der Waals surface area contributed by atoms with Crippen molar-refractivity contribution in [2.45, 2.75) is 25.7 Å². The monoisotopic (exact) mass is 754 g/mol. The first-order chi connectivity index (χ1) is 29.3. The van der Waals surface area contributed by atoms with E-state index in [9.17, 15) is 5.26 Å². The number of fused-ring (bicyclic) bond motifs is 9. The van der Waals surface area contributed by atoms with E-state index in [0.717, 1.165) is 87.1 Å². The van der Waals surface area contributed by atoms with E-state index in [0.29, 0.717) is 5.56 Å². The van der Waals surface area contributed by atoms with Crippen molar-refractivity contribution in [1.29, 1.82) is 5.26 Å². The van der Waals surface area contributed by atoms with Crippen LogP contribution in [0.25, 0.3) is 95.1 Å². The molecule has 4 heteroatoms. The summed E-state index contributed by atoms with van der Waals surface area (Å²) < 4.78 is 7.50. The van der Waals surface area contributed by atoms with Gasteiger partial charge >= 0.3 is 0 Å². The number of hydrogen-bond donors (Lipinski definition) is 0. The summed E-state index contributed by atoms with van der Waals surface area (Å²) in [5.41, 5.74) is 17.0. The minimum Gasteiger partial charge on any atom is -0.307 e. The van der Waals surface area contributed by atoms with Crippen LogP contribution in [-0.4, -0.2) is 13.7 Å². The molecule has 0 saturated carbocycles. The first kappa shape index (κ1) is 33.5. The Morgan fingerprint density at radius 1 is 0.390 bits per heavy atom. The van der Waals surface area contributed by atoms with Crippen LogP contribution >= 0.6 is 0 Å². The maximum Gasteiger partial charge on any atom is 0.101 e. The molecule has 0 bridgehead atoms. The van der Waals surface area contributed by atoms with E-state index in [1.165, 1.54) is 44.1 Å². The Morgan fingerprint density at radius 2 is 0.763 bits per heavy atom. The van der Waals surface area contributed by atoms with Gasteiger partial charge in [-0.1, -0.05) is 146 Å². The van der Waals surface area contributed by atoms with Crippen LogP contribution in [0.15, 0.2) is 170 Å². The summed E-state index contributed by atoms with van der Waals surface area (Å²) in [5.74, 6) is 0. The topological polar surface area (TPSA) is 38.6 Å². The highest BCUT2D eigenvalue weighted by atomic mass is 15.1. The molecular weight excluding hydrogens is 717 g/mol.